The summed E-state index contributed by atoms with van der Waals surface area (Å²) in [7, 11) is -7.76. The van der Waals surface area contributed by atoms with Crippen LogP contribution >= 0.6 is 0 Å². The van der Waals surface area contributed by atoms with Gasteiger partial charge in [0.15, 0.2) is 11.6 Å². The van der Waals surface area contributed by atoms with Gasteiger partial charge in [-0.3, -0.25) is 4.31 Å². The third kappa shape index (κ3) is 3.40. The lowest BCUT2D eigenvalue weighted by Crippen LogP contribution is -2.31. The van der Waals surface area contributed by atoms with E-state index in [-0.39, 0.29) is 16.3 Å². The van der Waals surface area contributed by atoms with Crippen LogP contribution in [0.2, 0.25) is 0 Å². The summed E-state index contributed by atoms with van der Waals surface area (Å²) in [5.74, 6) is -2.38. The van der Waals surface area contributed by atoms with Gasteiger partial charge in [0, 0.05) is 19.6 Å². The van der Waals surface area contributed by atoms with E-state index in [0.717, 1.165) is 16.4 Å². The molecule has 0 radical (unpaired) electrons. The van der Waals surface area contributed by atoms with E-state index in [1.807, 2.05) is 0 Å². The monoisotopic (exact) mass is 430 g/mol. The maximum absolute atomic E-state index is 13.5. The number of halogens is 2. The number of nitrogens with zero attached hydrogens (tertiary/aromatic N) is 2. The standard InChI is InChI=1S/C18H20F2N2O4S2/c1-3-21(4-2)27(23,24)14-6-8-18-13(11-14)9-10-22(18)28(25,26)15-5-7-16(19)17(20)12-15/h5-8,11-12H,3-4,9-10H2,1-2H3. The zero-order valence-corrected chi connectivity index (χ0v) is 17.0. The van der Waals surface area contributed by atoms with Crippen molar-refractivity contribution in [2.75, 3.05) is 23.9 Å². The molecule has 0 aliphatic carbocycles. The number of hydrogen-bond acceptors (Lipinski definition) is 4. The average molecular weight is 430 g/mol. The van der Waals surface area contributed by atoms with Crippen molar-refractivity contribution in [2.24, 2.45) is 0 Å². The summed E-state index contributed by atoms with van der Waals surface area (Å²) in [6, 6.07) is 6.69. The van der Waals surface area contributed by atoms with Crippen molar-refractivity contribution in [1.29, 1.82) is 0 Å². The first-order valence-corrected chi connectivity index (χ1v) is 11.6. The predicted octanol–water partition coefficient (Wildman–Crippen LogP) is 2.75. The molecule has 2 aromatic carbocycles. The molecule has 0 amide bonds. The Balaban J connectivity index is 2.00. The Kier molecular flexibility index (Phi) is 5.48. The number of rotatable bonds is 6. The number of benzene rings is 2. The molecule has 152 valence electrons. The highest BCUT2D eigenvalue weighted by Gasteiger charge is 2.33. The molecular weight excluding hydrogens is 410 g/mol. The van der Waals surface area contributed by atoms with Crippen molar-refractivity contribution in [3.8, 4) is 0 Å². The largest absolute Gasteiger partial charge is 0.266 e. The van der Waals surface area contributed by atoms with Crippen LogP contribution in [0.3, 0.4) is 0 Å². The molecule has 3 rings (SSSR count). The highest BCUT2D eigenvalue weighted by atomic mass is 32.2. The summed E-state index contributed by atoms with van der Waals surface area (Å²) >= 11 is 0. The smallest absolute Gasteiger partial charge is 0.264 e. The summed E-state index contributed by atoms with van der Waals surface area (Å²) in [5, 5.41) is 0. The fraction of sp³-hybridized carbons (Fsp3) is 0.333. The summed E-state index contributed by atoms with van der Waals surface area (Å²) < 4.78 is 80.1. The Morgan fingerprint density at radius 3 is 2.18 bits per heavy atom. The Labute approximate surface area is 163 Å². The van der Waals surface area contributed by atoms with Crippen LogP contribution in [0.25, 0.3) is 0 Å². The molecule has 28 heavy (non-hydrogen) atoms. The molecular formula is C18H20F2N2O4S2. The number of hydrogen-bond donors (Lipinski definition) is 0. The van der Waals surface area contributed by atoms with Crippen molar-refractivity contribution in [2.45, 2.75) is 30.1 Å². The average Bonchev–Trinajstić information content (AvgIpc) is 3.08. The topological polar surface area (TPSA) is 74.8 Å². The molecule has 1 aliphatic rings. The zero-order chi connectivity index (χ0) is 20.7. The van der Waals surface area contributed by atoms with Crippen LogP contribution in [0.4, 0.5) is 14.5 Å². The Morgan fingerprint density at radius 1 is 0.929 bits per heavy atom. The first kappa shape index (κ1) is 20.7. The highest BCUT2D eigenvalue weighted by Crippen LogP contribution is 2.35. The first-order chi connectivity index (χ1) is 13.1. The fourth-order valence-corrected chi connectivity index (χ4v) is 6.26. The van der Waals surface area contributed by atoms with Crippen molar-refractivity contribution in [1.82, 2.24) is 4.31 Å². The molecule has 2 aromatic rings. The lowest BCUT2D eigenvalue weighted by molar-refractivity contribution is 0.445. The van der Waals surface area contributed by atoms with Gasteiger partial charge >= 0.3 is 0 Å². The van der Waals surface area contributed by atoms with Gasteiger partial charge in [0.1, 0.15) is 0 Å². The molecule has 0 aromatic heterocycles. The van der Waals surface area contributed by atoms with Gasteiger partial charge in [0.2, 0.25) is 10.0 Å². The number of fused-ring (bicyclic) bond motifs is 1. The van der Waals surface area contributed by atoms with Crippen molar-refractivity contribution < 1.29 is 25.6 Å². The lowest BCUT2D eigenvalue weighted by atomic mass is 10.2. The first-order valence-electron chi connectivity index (χ1n) is 8.73. The number of anilines is 1. The molecule has 0 bridgehead atoms. The molecule has 0 N–H and O–H groups in total. The number of sulfonamides is 2. The van der Waals surface area contributed by atoms with E-state index in [1.54, 1.807) is 13.8 Å². The minimum absolute atomic E-state index is 0.0887. The molecule has 0 saturated carbocycles. The summed E-state index contributed by atoms with van der Waals surface area (Å²) in [6.45, 7) is 4.22. The van der Waals surface area contributed by atoms with Crippen LogP contribution in [0, 0.1) is 11.6 Å². The predicted molar refractivity (Wildman–Crippen MR) is 101 cm³/mol. The molecule has 0 fully saturated rings. The second kappa shape index (κ2) is 7.41. The van der Waals surface area contributed by atoms with E-state index in [1.165, 1.54) is 22.5 Å². The van der Waals surface area contributed by atoms with E-state index < -0.39 is 31.7 Å². The SMILES string of the molecule is CCN(CC)S(=O)(=O)c1ccc2c(c1)CCN2S(=O)(=O)c1ccc(F)c(F)c1. The van der Waals surface area contributed by atoms with Gasteiger partial charge in [-0.1, -0.05) is 13.8 Å². The van der Waals surface area contributed by atoms with Crippen LogP contribution in [0.15, 0.2) is 46.2 Å². The second-order valence-corrected chi connectivity index (χ2v) is 10.1. The molecule has 10 heteroatoms. The summed E-state index contributed by atoms with van der Waals surface area (Å²) in [4.78, 5) is -0.263. The third-order valence-corrected chi connectivity index (χ3v) is 8.58. The maximum Gasteiger partial charge on any atom is 0.264 e. The quantitative estimate of drug-likeness (QED) is 0.706. The van der Waals surface area contributed by atoms with Gasteiger partial charge in [0.25, 0.3) is 10.0 Å². The minimum Gasteiger partial charge on any atom is -0.266 e. The Bertz CT molecular complexity index is 1110. The molecule has 0 unspecified atom stereocenters. The van der Waals surface area contributed by atoms with Gasteiger partial charge in [-0.05, 0) is 48.4 Å². The normalized spacial score (nSPS) is 14.5. The van der Waals surface area contributed by atoms with E-state index >= 15 is 0 Å². The molecule has 6 nitrogen and oxygen atoms in total. The molecule has 0 saturated heterocycles. The molecule has 0 spiro atoms. The second-order valence-electron chi connectivity index (χ2n) is 6.28. The van der Waals surface area contributed by atoms with Crippen LogP contribution in [0.1, 0.15) is 19.4 Å². The van der Waals surface area contributed by atoms with Gasteiger partial charge < -0.3 is 0 Å². The minimum atomic E-state index is -4.10. The molecule has 0 atom stereocenters. The van der Waals surface area contributed by atoms with Gasteiger partial charge in [-0.2, -0.15) is 4.31 Å². The van der Waals surface area contributed by atoms with Crippen LogP contribution in [0.5, 0.6) is 0 Å². The Morgan fingerprint density at radius 2 is 1.57 bits per heavy atom. The van der Waals surface area contributed by atoms with Crippen molar-refractivity contribution >= 4 is 25.7 Å². The van der Waals surface area contributed by atoms with E-state index in [0.29, 0.717) is 36.8 Å². The van der Waals surface area contributed by atoms with Crippen molar-refractivity contribution in [3.63, 3.8) is 0 Å². The summed E-state index contributed by atoms with van der Waals surface area (Å²) in [5.41, 5.74) is 0.905. The lowest BCUT2D eigenvalue weighted by Gasteiger charge is -2.21. The van der Waals surface area contributed by atoms with Crippen LogP contribution in [-0.2, 0) is 26.5 Å². The fourth-order valence-electron chi connectivity index (χ4n) is 3.24. The molecule has 1 heterocycles. The van der Waals surface area contributed by atoms with Crippen LogP contribution in [-0.4, -0.2) is 40.8 Å². The Hall–Kier alpha value is -2.04. The van der Waals surface area contributed by atoms with Gasteiger partial charge in [-0.15, -0.1) is 0 Å². The third-order valence-electron chi connectivity index (χ3n) is 4.73. The van der Waals surface area contributed by atoms with Gasteiger partial charge in [0.05, 0.1) is 15.5 Å². The van der Waals surface area contributed by atoms with E-state index in [4.69, 9.17) is 0 Å². The zero-order valence-electron chi connectivity index (χ0n) is 15.4. The molecule has 1 aliphatic heterocycles. The van der Waals surface area contributed by atoms with E-state index in [9.17, 15) is 25.6 Å². The highest BCUT2D eigenvalue weighted by molar-refractivity contribution is 7.92. The summed E-state index contributed by atoms with van der Waals surface area (Å²) in [6.07, 6.45) is 0.319. The maximum atomic E-state index is 13.5. The van der Waals surface area contributed by atoms with Gasteiger partial charge in [-0.25, -0.2) is 25.6 Å². The van der Waals surface area contributed by atoms with Crippen LogP contribution < -0.4 is 4.31 Å². The van der Waals surface area contributed by atoms with E-state index in [2.05, 4.69) is 0 Å². The van der Waals surface area contributed by atoms with Crippen molar-refractivity contribution in [3.05, 3.63) is 53.6 Å².